The van der Waals surface area contributed by atoms with Crippen LogP contribution in [-0.2, 0) is 6.42 Å². The highest BCUT2D eigenvalue weighted by molar-refractivity contribution is 7.71. The van der Waals surface area contributed by atoms with Gasteiger partial charge in [0.2, 0.25) is 0 Å². The van der Waals surface area contributed by atoms with Crippen molar-refractivity contribution >= 4 is 12.2 Å². The molecule has 6 heteroatoms. The molecule has 0 fully saturated rings. The summed E-state index contributed by atoms with van der Waals surface area (Å²) in [5.41, 5.74) is 2.11. The van der Waals surface area contributed by atoms with E-state index >= 15 is 0 Å². The molecule has 2 heterocycles. The number of nitrogens with one attached hydrogen (secondary N) is 2. The Morgan fingerprint density at radius 3 is 2.73 bits per heavy atom. The van der Waals surface area contributed by atoms with Gasteiger partial charge in [-0.2, -0.15) is 5.10 Å². The summed E-state index contributed by atoms with van der Waals surface area (Å²) in [6.07, 6.45) is 2.32. The van der Waals surface area contributed by atoms with Gasteiger partial charge in [0.1, 0.15) is 11.0 Å². The number of hydrogen-bond donors (Lipinski definition) is 2. The first-order valence-electron chi connectivity index (χ1n) is 4.68. The first-order chi connectivity index (χ1) is 7.22. The second-order valence-electron chi connectivity index (χ2n) is 3.18. The summed E-state index contributed by atoms with van der Waals surface area (Å²) in [7, 11) is 0. The Balaban J connectivity index is 2.58. The van der Waals surface area contributed by atoms with Gasteiger partial charge >= 0.3 is 0 Å². The third kappa shape index (κ3) is 1.80. The highest BCUT2D eigenvalue weighted by atomic mass is 32.1. The highest BCUT2D eigenvalue weighted by Gasteiger charge is 2.07. The van der Waals surface area contributed by atoms with E-state index < -0.39 is 0 Å². The van der Waals surface area contributed by atoms with Crippen LogP contribution in [0.1, 0.15) is 18.2 Å². The van der Waals surface area contributed by atoms with Crippen molar-refractivity contribution in [3.8, 4) is 11.6 Å². The second kappa shape index (κ2) is 3.90. The molecule has 0 unspecified atom stereocenters. The Hall–Kier alpha value is -1.56. The van der Waals surface area contributed by atoms with Crippen LogP contribution in [0.3, 0.4) is 0 Å². The van der Waals surface area contributed by atoms with Crippen molar-refractivity contribution in [1.82, 2.24) is 25.1 Å². The minimum atomic E-state index is 0.604. The van der Waals surface area contributed by atoms with Gasteiger partial charge in [-0.1, -0.05) is 19.1 Å². The fraction of sp³-hybridized carbons (Fsp3) is 0.333. The maximum absolute atomic E-state index is 5.21. The maximum atomic E-state index is 5.21. The third-order valence-electron chi connectivity index (χ3n) is 2.22. The molecule has 0 aliphatic heterocycles. The lowest BCUT2D eigenvalue weighted by molar-refractivity contribution is 0.971. The molecule has 0 saturated carbocycles. The van der Waals surface area contributed by atoms with Gasteiger partial charge in [0.05, 0.1) is 0 Å². The van der Waals surface area contributed by atoms with E-state index in [9.17, 15) is 0 Å². The van der Waals surface area contributed by atoms with Crippen molar-refractivity contribution in [3.05, 3.63) is 22.2 Å². The summed E-state index contributed by atoms with van der Waals surface area (Å²) in [4.78, 5) is 11.4. The van der Waals surface area contributed by atoms with Crippen LogP contribution in [0.4, 0.5) is 0 Å². The number of aromatic amines is 2. The van der Waals surface area contributed by atoms with Gasteiger partial charge in [-0.3, -0.25) is 5.10 Å². The molecule has 0 aliphatic carbocycles. The van der Waals surface area contributed by atoms with E-state index in [0.717, 1.165) is 17.7 Å². The number of H-pyrrole nitrogens is 2. The molecule has 0 radical (unpaired) electrons. The zero-order chi connectivity index (χ0) is 10.8. The zero-order valence-corrected chi connectivity index (χ0v) is 9.35. The third-order valence-corrected chi connectivity index (χ3v) is 2.56. The van der Waals surface area contributed by atoms with Crippen LogP contribution < -0.4 is 0 Å². The summed E-state index contributed by atoms with van der Waals surface area (Å²) in [6.45, 7) is 4.04. The summed E-state index contributed by atoms with van der Waals surface area (Å²) in [5, 5.41) is 6.51. The normalized spacial score (nSPS) is 10.5. The van der Waals surface area contributed by atoms with Gasteiger partial charge in [0.25, 0.3) is 0 Å². The largest absolute Gasteiger partial charge is 0.341 e. The first-order valence-corrected chi connectivity index (χ1v) is 5.08. The van der Waals surface area contributed by atoms with E-state index in [-0.39, 0.29) is 0 Å². The van der Waals surface area contributed by atoms with Crippen LogP contribution in [0.2, 0.25) is 0 Å². The molecule has 0 aromatic carbocycles. The van der Waals surface area contributed by atoms with Crippen molar-refractivity contribution in [2.24, 2.45) is 0 Å². The molecule has 15 heavy (non-hydrogen) atoms. The number of aryl methyl sites for hydroxylation is 1. The van der Waals surface area contributed by atoms with Crippen LogP contribution in [-0.4, -0.2) is 25.1 Å². The molecular formula is C9H11N5S. The minimum absolute atomic E-state index is 0.604. The Morgan fingerprint density at radius 2 is 2.20 bits per heavy atom. The minimum Gasteiger partial charge on any atom is -0.341 e. The summed E-state index contributed by atoms with van der Waals surface area (Å²) < 4.78 is 0.625. The smallest absolute Gasteiger partial charge is 0.191 e. The van der Waals surface area contributed by atoms with Crippen molar-refractivity contribution in [3.63, 3.8) is 0 Å². The first kappa shape index (κ1) is 9.97. The Morgan fingerprint density at radius 1 is 1.40 bits per heavy atom. The number of rotatable bonds is 2. The van der Waals surface area contributed by atoms with Crippen molar-refractivity contribution < 1.29 is 0 Å². The summed E-state index contributed by atoms with van der Waals surface area (Å²) in [6, 6.07) is 0. The Kier molecular flexibility index (Phi) is 2.59. The van der Waals surface area contributed by atoms with Gasteiger partial charge in [0, 0.05) is 11.3 Å². The number of hydrogen-bond acceptors (Lipinski definition) is 4. The molecule has 2 aromatic rings. The van der Waals surface area contributed by atoms with Crippen molar-refractivity contribution in [2.75, 3.05) is 0 Å². The topological polar surface area (TPSA) is 70.2 Å². The summed E-state index contributed by atoms with van der Waals surface area (Å²) >= 11 is 5.21. The standard InChI is InChI=1S/C9H11N5S/c1-3-6-5(2)12-8(13-9(6)15)7-10-4-11-14-7/h4H,3H2,1-2H3,(H,10,11,14)(H,12,13,15). The van der Waals surface area contributed by atoms with E-state index in [1.807, 2.05) is 6.92 Å². The van der Waals surface area contributed by atoms with Crippen LogP contribution in [0.25, 0.3) is 11.6 Å². The Bertz CT molecular complexity index is 514. The molecule has 0 amide bonds. The lowest BCUT2D eigenvalue weighted by Gasteiger charge is -2.04. The van der Waals surface area contributed by atoms with E-state index in [1.165, 1.54) is 6.33 Å². The molecule has 2 N–H and O–H groups in total. The highest BCUT2D eigenvalue weighted by Crippen LogP contribution is 2.13. The van der Waals surface area contributed by atoms with E-state index in [1.54, 1.807) is 0 Å². The maximum Gasteiger partial charge on any atom is 0.191 e. The number of aromatic nitrogens is 5. The van der Waals surface area contributed by atoms with Gasteiger partial charge in [-0.25, -0.2) is 9.97 Å². The Labute approximate surface area is 92.0 Å². The molecule has 0 atom stereocenters. The second-order valence-corrected chi connectivity index (χ2v) is 3.57. The van der Waals surface area contributed by atoms with E-state index in [4.69, 9.17) is 12.2 Å². The summed E-state index contributed by atoms with van der Waals surface area (Å²) in [5.74, 6) is 1.24. The predicted molar refractivity (Wildman–Crippen MR) is 58.9 cm³/mol. The molecular weight excluding hydrogens is 210 g/mol. The van der Waals surface area contributed by atoms with Crippen LogP contribution >= 0.6 is 12.2 Å². The molecule has 2 rings (SSSR count). The van der Waals surface area contributed by atoms with Crippen molar-refractivity contribution in [2.45, 2.75) is 20.3 Å². The lowest BCUT2D eigenvalue weighted by Crippen LogP contribution is -1.99. The van der Waals surface area contributed by atoms with Crippen molar-refractivity contribution in [1.29, 1.82) is 0 Å². The van der Waals surface area contributed by atoms with Crippen LogP contribution in [0.5, 0.6) is 0 Å². The SMILES string of the molecule is CCc1c(C)[nH]c(-c2ncn[nH]2)nc1=S. The van der Waals surface area contributed by atoms with Gasteiger partial charge in [-0.05, 0) is 13.3 Å². The fourth-order valence-corrected chi connectivity index (χ4v) is 1.85. The van der Waals surface area contributed by atoms with Crippen LogP contribution in [0.15, 0.2) is 6.33 Å². The van der Waals surface area contributed by atoms with Gasteiger partial charge in [-0.15, -0.1) is 0 Å². The van der Waals surface area contributed by atoms with E-state index in [2.05, 4.69) is 32.1 Å². The monoisotopic (exact) mass is 221 g/mol. The predicted octanol–water partition coefficient (Wildman–Crippen LogP) is 1.80. The zero-order valence-electron chi connectivity index (χ0n) is 8.53. The van der Waals surface area contributed by atoms with Gasteiger partial charge in [0.15, 0.2) is 11.6 Å². The van der Waals surface area contributed by atoms with Crippen LogP contribution in [0, 0.1) is 11.6 Å². The molecule has 0 aliphatic rings. The molecule has 5 nitrogen and oxygen atoms in total. The fourth-order valence-electron chi connectivity index (χ4n) is 1.46. The average molecular weight is 221 g/mol. The van der Waals surface area contributed by atoms with E-state index in [0.29, 0.717) is 16.3 Å². The molecule has 0 saturated heterocycles. The molecule has 0 bridgehead atoms. The molecule has 78 valence electrons. The van der Waals surface area contributed by atoms with Gasteiger partial charge < -0.3 is 4.98 Å². The molecule has 2 aromatic heterocycles. The molecule has 0 spiro atoms. The quantitative estimate of drug-likeness (QED) is 0.758. The lowest BCUT2D eigenvalue weighted by atomic mass is 10.2. The number of nitrogens with zero attached hydrogens (tertiary/aromatic N) is 3. The average Bonchev–Trinajstić information content (AvgIpc) is 2.69.